The molecule has 344 valence electrons. The van der Waals surface area contributed by atoms with Crippen molar-refractivity contribution >= 4 is 52.2 Å². The second-order valence-electron chi connectivity index (χ2n) is 19.7. The molecule has 6 heterocycles. The fourth-order valence-corrected chi connectivity index (χ4v) is 11.9. The molecule has 0 radical (unpaired) electrons. The van der Waals surface area contributed by atoms with Crippen LogP contribution in [0.5, 0.6) is 0 Å². The van der Waals surface area contributed by atoms with Crippen molar-refractivity contribution in [2.45, 2.75) is 152 Å². The van der Waals surface area contributed by atoms with Crippen LogP contribution in [0, 0.1) is 0 Å². The van der Waals surface area contributed by atoms with E-state index in [2.05, 4.69) is 62.4 Å². The fraction of sp³-hybridized carbons (Fsp3) is 0.583. The van der Waals surface area contributed by atoms with Crippen LogP contribution >= 0.6 is 22.7 Å². The van der Waals surface area contributed by atoms with Crippen LogP contribution in [-0.2, 0) is 19.1 Å². The van der Waals surface area contributed by atoms with Gasteiger partial charge in [0.25, 0.3) is 0 Å². The lowest BCUT2D eigenvalue weighted by molar-refractivity contribution is -0.135. The number of rotatable bonds is 13. The van der Waals surface area contributed by atoms with Gasteiger partial charge in [0.15, 0.2) is 0 Å². The standard InChI is InChI=1S/C48H64N8O6S2/c1-47(2,3)61-45(59)53-35(43(57)55-23-21-33-39(55)31(25-49-33)38-28-63-41(52-38)30-17-11-8-12-18-30)19-13-14-20-36(54-46(60)62-48(4,5)6)44(58)56-24-22-34-40(56)32(26-50-34)42-51-37(27-64-42)29-15-9-7-10-16-29/h7-11,15-17,27-28,31-36,39-40,49-50H,12-14,18-26H2,1-6H3,(H,53,59)(H,54,60)/t31-,32+,33-,34-,35?,36?,39-,40-/m1/s1. The molecule has 4 saturated heterocycles. The molecule has 0 saturated carbocycles. The SMILES string of the molecule is CC(C)(C)OC(=O)NC(CCCCC(NC(=O)OC(C)(C)C)C(=O)N1CC[C@H]2NC[C@H](c3nc(-c4ccccc4)cs3)[C@H]21)C(=O)N1CC[C@H]2NC[C@H](c3csc(C4=CC=CCC4)n3)[C@H]21. The van der Waals surface area contributed by atoms with Crippen LogP contribution in [-0.4, -0.2) is 117 Å². The molecule has 4 amide bonds. The molecule has 64 heavy (non-hydrogen) atoms. The molecule has 16 heteroatoms. The third-order valence-electron chi connectivity index (χ3n) is 12.8. The van der Waals surface area contributed by atoms with E-state index in [0.29, 0.717) is 45.3 Å². The summed E-state index contributed by atoms with van der Waals surface area (Å²) in [6.45, 7) is 13.3. The Morgan fingerprint density at radius 3 is 1.92 bits per heavy atom. The first kappa shape index (κ1) is 45.9. The molecule has 2 aromatic heterocycles. The molecule has 5 aliphatic rings. The Hall–Kier alpha value is -4.64. The van der Waals surface area contributed by atoms with E-state index in [1.54, 1.807) is 64.2 Å². The number of nitrogens with one attached hydrogen (secondary N) is 4. The van der Waals surface area contributed by atoms with Crippen molar-refractivity contribution in [1.29, 1.82) is 0 Å². The molecule has 8 rings (SSSR count). The number of amides is 4. The highest BCUT2D eigenvalue weighted by molar-refractivity contribution is 7.10. The summed E-state index contributed by atoms with van der Waals surface area (Å²) >= 11 is 3.28. The molecule has 2 unspecified atom stereocenters. The van der Waals surface area contributed by atoms with Gasteiger partial charge in [0.2, 0.25) is 11.8 Å². The summed E-state index contributed by atoms with van der Waals surface area (Å²) in [5.41, 5.74) is 2.70. The summed E-state index contributed by atoms with van der Waals surface area (Å²) < 4.78 is 11.3. The van der Waals surface area contributed by atoms with Crippen LogP contribution in [0.1, 0.15) is 120 Å². The number of benzene rings is 1. The quantitative estimate of drug-likeness (QED) is 0.127. The van der Waals surface area contributed by atoms with Gasteiger partial charge in [-0.2, -0.15) is 0 Å². The Bertz CT molecular complexity index is 2210. The molecule has 8 atom stereocenters. The summed E-state index contributed by atoms with van der Waals surface area (Å²) in [5.74, 6) is -0.273. The van der Waals surface area contributed by atoms with Crippen LogP contribution in [0.2, 0.25) is 0 Å². The van der Waals surface area contributed by atoms with Gasteiger partial charge in [-0.25, -0.2) is 19.6 Å². The number of likely N-dealkylation sites (tertiary alicyclic amines) is 2. The van der Waals surface area contributed by atoms with Gasteiger partial charge in [-0.15, -0.1) is 22.7 Å². The highest BCUT2D eigenvalue weighted by Crippen LogP contribution is 2.40. The smallest absolute Gasteiger partial charge is 0.408 e. The maximum atomic E-state index is 14.7. The summed E-state index contributed by atoms with van der Waals surface area (Å²) in [6.07, 6.45) is 10.3. The van der Waals surface area contributed by atoms with E-state index in [4.69, 9.17) is 19.4 Å². The van der Waals surface area contributed by atoms with Crippen molar-refractivity contribution in [3.8, 4) is 11.3 Å². The Balaban J connectivity index is 0.961. The average molecular weight is 913 g/mol. The van der Waals surface area contributed by atoms with E-state index in [9.17, 15) is 19.2 Å². The van der Waals surface area contributed by atoms with Crippen molar-refractivity contribution in [2.24, 2.45) is 0 Å². The van der Waals surface area contributed by atoms with Gasteiger partial charge >= 0.3 is 12.2 Å². The number of fused-ring (bicyclic) bond motifs is 2. The lowest BCUT2D eigenvalue weighted by Gasteiger charge is -2.32. The Labute approximate surface area is 385 Å². The summed E-state index contributed by atoms with van der Waals surface area (Å²) in [7, 11) is 0. The maximum Gasteiger partial charge on any atom is 0.408 e. The van der Waals surface area contributed by atoms with Crippen molar-refractivity contribution in [2.75, 3.05) is 26.2 Å². The Morgan fingerprint density at radius 2 is 1.36 bits per heavy atom. The summed E-state index contributed by atoms with van der Waals surface area (Å²) in [4.78, 5) is 70.0. The minimum atomic E-state index is -0.855. The van der Waals surface area contributed by atoms with Crippen molar-refractivity contribution in [3.05, 3.63) is 75.0 Å². The first-order valence-corrected chi connectivity index (χ1v) is 24.8. The molecule has 4 aliphatic heterocycles. The minimum absolute atomic E-state index is 0.0101. The number of hydrogen-bond acceptors (Lipinski definition) is 12. The first-order valence-electron chi connectivity index (χ1n) is 23.0. The second-order valence-corrected chi connectivity index (χ2v) is 21.5. The van der Waals surface area contributed by atoms with Gasteiger partial charge in [-0.05, 0) is 85.6 Å². The Morgan fingerprint density at radius 1 is 0.781 bits per heavy atom. The molecule has 0 bridgehead atoms. The van der Waals surface area contributed by atoms with Crippen LogP contribution in [0.3, 0.4) is 0 Å². The number of hydrogen-bond donors (Lipinski definition) is 4. The van der Waals surface area contributed by atoms with Crippen LogP contribution in [0.15, 0.2) is 59.3 Å². The minimum Gasteiger partial charge on any atom is -0.444 e. The van der Waals surface area contributed by atoms with E-state index >= 15 is 0 Å². The number of alkyl carbamates (subject to hydrolysis) is 2. The van der Waals surface area contributed by atoms with Gasteiger partial charge in [0.1, 0.15) is 28.3 Å². The highest BCUT2D eigenvalue weighted by Gasteiger charge is 2.50. The molecule has 4 fully saturated rings. The summed E-state index contributed by atoms with van der Waals surface area (Å²) in [5, 5.41) is 19.4. The van der Waals surface area contributed by atoms with E-state index in [-0.39, 0.29) is 47.8 Å². The molecule has 4 N–H and O–H groups in total. The number of unbranched alkanes of at least 4 members (excludes halogenated alkanes) is 1. The molecule has 0 spiro atoms. The zero-order chi connectivity index (χ0) is 45.2. The fourth-order valence-electron chi connectivity index (χ4n) is 9.99. The summed E-state index contributed by atoms with van der Waals surface area (Å²) in [6, 6.07) is 8.44. The topological polar surface area (TPSA) is 167 Å². The number of allylic oxidation sites excluding steroid dienone is 4. The van der Waals surface area contributed by atoms with Crippen LogP contribution in [0.4, 0.5) is 9.59 Å². The second kappa shape index (κ2) is 19.4. The predicted octanol–water partition coefficient (Wildman–Crippen LogP) is 7.36. The number of ether oxygens (including phenoxy) is 2. The zero-order valence-electron chi connectivity index (χ0n) is 37.9. The molecule has 3 aromatic rings. The van der Waals surface area contributed by atoms with Crippen LogP contribution in [0.25, 0.3) is 16.8 Å². The Kier molecular flexibility index (Phi) is 14.0. The molecular weight excluding hydrogens is 849 g/mol. The van der Waals surface area contributed by atoms with Crippen molar-refractivity contribution in [3.63, 3.8) is 0 Å². The number of nitrogens with zero attached hydrogens (tertiary/aromatic N) is 4. The molecule has 1 aromatic carbocycles. The number of carbonyl (C=O) groups excluding carboxylic acids is 4. The van der Waals surface area contributed by atoms with E-state index in [0.717, 1.165) is 59.2 Å². The largest absolute Gasteiger partial charge is 0.444 e. The van der Waals surface area contributed by atoms with Crippen molar-refractivity contribution < 1.29 is 28.7 Å². The van der Waals surface area contributed by atoms with Gasteiger partial charge in [-0.3, -0.25) is 9.59 Å². The average Bonchev–Trinajstić information content (AvgIpc) is 4.10. The van der Waals surface area contributed by atoms with E-state index < -0.39 is 35.5 Å². The normalized spacial score (nSPS) is 25.1. The third-order valence-corrected chi connectivity index (χ3v) is 14.7. The van der Waals surface area contributed by atoms with E-state index in [1.807, 2.05) is 28.0 Å². The number of thiazole rings is 2. The van der Waals surface area contributed by atoms with Crippen molar-refractivity contribution in [1.82, 2.24) is 41.0 Å². The van der Waals surface area contributed by atoms with Gasteiger partial charge in [0.05, 0.1) is 28.5 Å². The van der Waals surface area contributed by atoms with Crippen LogP contribution < -0.4 is 21.3 Å². The lowest BCUT2D eigenvalue weighted by Crippen LogP contribution is -2.53. The zero-order valence-corrected chi connectivity index (χ0v) is 39.6. The highest BCUT2D eigenvalue weighted by atomic mass is 32.1. The van der Waals surface area contributed by atoms with Gasteiger partial charge in [-0.1, -0.05) is 61.4 Å². The molecule has 14 nitrogen and oxygen atoms in total. The molecule has 1 aliphatic carbocycles. The van der Waals surface area contributed by atoms with Gasteiger partial charge < -0.3 is 40.5 Å². The van der Waals surface area contributed by atoms with E-state index in [1.165, 1.54) is 5.57 Å². The number of carbonyl (C=O) groups is 4. The number of aromatic nitrogens is 2. The lowest BCUT2D eigenvalue weighted by atomic mass is 9.95. The first-order chi connectivity index (χ1) is 30.6. The van der Waals surface area contributed by atoms with Gasteiger partial charge in [0, 0.05) is 66.4 Å². The monoisotopic (exact) mass is 912 g/mol. The predicted molar refractivity (Wildman–Crippen MR) is 250 cm³/mol. The third kappa shape index (κ3) is 10.7. The molecular formula is C48H64N8O6S2. The maximum absolute atomic E-state index is 14.7.